The lowest BCUT2D eigenvalue weighted by Gasteiger charge is -2.45. The first-order valence-electron chi connectivity index (χ1n) is 7.98. The minimum atomic E-state index is -0.439. The first kappa shape index (κ1) is 16.1. The van der Waals surface area contributed by atoms with Crippen molar-refractivity contribution in [3.05, 3.63) is 0 Å². The first-order valence-corrected chi connectivity index (χ1v) is 7.98. The number of nitrogens with zero attached hydrogens (tertiary/aromatic N) is 1. The lowest BCUT2D eigenvalue weighted by Crippen LogP contribution is -2.46. The van der Waals surface area contributed by atoms with E-state index >= 15 is 0 Å². The molecular weight excluding hydrogens is 268 g/mol. The van der Waals surface area contributed by atoms with Gasteiger partial charge in [0.2, 0.25) is 5.91 Å². The van der Waals surface area contributed by atoms with Gasteiger partial charge in [-0.2, -0.15) is 0 Å². The molecule has 0 aromatic rings. The van der Waals surface area contributed by atoms with Gasteiger partial charge >= 0.3 is 6.09 Å². The molecule has 120 valence electrons. The van der Waals surface area contributed by atoms with Crippen LogP contribution in [0.3, 0.4) is 0 Å². The van der Waals surface area contributed by atoms with Crippen molar-refractivity contribution in [1.82, 2.24) is 4.90 Å². The fourth-order valence-corrected chi connectivity index (χ4v) is 3.50. The van der Waals surface area contributed by atoms with Gasteiger partial charge in [0.15, 0.2) is 0 Å². The SMILES string of the molecule is CC(C)(C)OC(=O)N1CCC2(CCC(C(N)=O)CC2)CC1. The number of likely N-dealkylation sites (tertiary alicyclic amines) is 1. The summed E-state index contributed by atoms with van der Waals surface area (Å²) in [5.74, 6) is -0.101. The molecule has 0 radical (unpaired) electrons. The van der Waals surface area contributed by atoms with Gasteiger partial charge in [0.1, 0.15) is 5.60 Å². The van der Waals surface area contributed by atoms with Gasteiger partial charge < -0.3 is 15.4 Å². The zero-order chi connectivity index (χ0) is 15.7. The Morgan fingerprint density at radius 1 is 1.10 bits per heavy atom. The van der Waals surface area contributed by atoms with E-state index in [1.165, 1.54) is 0 Å². The van der Waals surface area contributed by atoms with Crippen molar-refractivity contribution in [3.8, 4) is 0 Å². The largest absolute Gasteiger partial charge is 0.444 e. The lowest BCUT2D eigenvalue weighted by atomic mass is 9.65. The molecule has 1 saturated heterocycles. The molecule has 2 fully saturated rings. The number of carbonyl (C=O) groups excluding carboxylic acids is 2. The van der Waals surface area contributed by atoms with Crippen molar-refractivity contribution >= 4 is 12.0 Å². The molecule has 5 heteroatoms. The summed E-state index contributed by atoms with van der Waals surface area (Å²) in [6.45, 7) is 7.19. The predicted molar refractivity (Wildman–Crippen MR) is 80.6 cm³/mol. The third-order valence-electron chi connectivity index (χ3n) is 4.92. The molecule has 1 saturated carbocycles. The van der Waals surface area contributed by atoms with Gasteiger partial charge in [-0.05, 0) is 64.7 Å². The van der Waals surface area contributed by atoms with Gasteiger partial charge in [0.25, 0.3) is 0 Å². The Morgan fingerprint density at radius 2 is 1.62 bits per heavy atom. The molecule has 0 unspecified atom stereocenters. The second-order valence-corrected chi connectivity index (χ2v) is 7.64. The topological polar surface area (TPSA) is 72.6 Å². The standard InChI is InChI=1S/C16H28N2O3/c1-15(2,3)21-14(20)18-10-8-16(9-11-18)6-4-12(5-7-16)13(17)19/h12H,4-11H2,1-3H3,(H2,17,19). The molecule has 21 heavy (non-hydrogen) atoms. The average molecular weight is 296 g/mol. The molecule has 2 N–H and O–H groups in total. The van der Waals surface area contributed by atoms with Crippen LogP contribution < -0.4 is 5.73 Å². The number of carbonyl (C=O) groups is 2. The van der Waals surface area contributed by atoms with Crippen LogP contribution in [-0.2, 0) is 9.53 Å². The molecule has 0 aromatic heterocycles. The van der Waals surface area contributed by atoms with E-state index in [-0.39, 0.29) is 17.9 Å². The third-order valence-corrected chi connectivity index (χ3v) is 4.92. The maximum absolute atomic E-state index is 12.1. The lowest BCUT2D eigenvalue weighted by molar-refractivity contribution is -0.123. The number of piperidine rings is 1. The molecule has 0 atom stereocenters. The van der Waals surface area contributed by atoms with E-state index in [1.807, 2.05) is 25.7 Å². The number of hydrogen-bond acceptors (Lipinski definition) is 3. The van der Waals surface area contributed by atoms with Gasteiger partial charge in [0.05, 0.1) is 0 Å². The normalized spacial score (nSPS) is 23.1. The molecule has 1 aliphatic carbocycles. The minimum Gasteiger partial charge on any atom is -0.444 e. The third kappa shape index (κ3) is 4.11. The van der Waals surface area contributed by atoms with Crippen LogP contribution in [0.15, 0.2) is 0 Å². The zero-order valence-electron chi connectivity index (χ0n) is 13.5. The molecule has 2 rings (SSSR count). The molecular formula is C16H28N2O3. The van der Waals surface area contributed by atoms with Crippen LogP contribution in [0.2, 0.25) is 0 Å². The Bertz CT molecular complexity index is 396. The Balaban J connectivity index is 1.84. The second kappa shape index (κ2) is 5.85. The second-order valence-electron chi connectivity index (χ2n) is 7.64. The monoisotopic (exact) mass is 296 g/mol. The number of ether oxygens (including phenoxy) is 1. The molecule has 1 heterocycles. The summed E-state index contributed by atoms with van der Waals surface area (Å²) in [5.41, 5.74) is 5.27. The van der Waals surface area contributed by atoms with E-state index in [4.69, 9.17) is 10.5 Å². The molecule has 1 spiro atoms. The molecule has 2 amide bonds. The highest BCUT2D eigenvalue weighted by atomic mass is 16.6. The highest BCUT2D eigenvalue weighted by molar-refractivity contribution is 5.76. The van der Waals surface area contributed by atoms with E-state index in [9.17, 15) is 9.59 Å². The van der Waals surface area contributed by atoms with Crippen LogP contribution in [0.5, 0.6) is 0 Å². The average Bonchev–Trinajstić information content (AvgIpc) is 2.38. The Hall–Kier alpha value is -1.26. The summed E-state index contributed by atoms with van der Waals surface area (Å²) in [6, 6.07) is 0. The van der Waals surface area contributed by atoms with Crippen molar-refractivity contribution in [2.45, 2.75) is 64.9 Å². The number of rotatable bonds is 1. The molecule has 0 aromatic carbocycles. The van der Waals surface area contributed by atoms with Gasteiger partial charge in [-0.1, -0.05) is 0 Å². The Labute approximate surface area is 127 Å². The molecule has 5 nitrogen and oxygen atoms in total. The summed E-state index contributed by atoms with van der Waals surface area (Å²) in [6.07, 6.45) is 5.74. The Morgan fingerprint density at radius 3 is 2.05 bits per heavy atom. The van der Waals surface area contributed by atoms with Crippen molar-refractivity contribution in [2.75, 3.05) is 13.1 Å². The van der Waals surface area contributed by atoms with E-state index < -0.39 is 5.60 Å². The van der Waals surface area contributed by atoms with Crippen molar-refractivity contribution in [3.63, 3.8) is 0 Å². The Kier molecular flexibility index (Phi) is 4.49. The van der Waals surface area contributed by atoms with Crippen molar-refractivity contribution in [1.29, 1.82) is 0 Å². The number of primary amides is 1. The van der Waals surface area contributed by atoms with Gasteiger partial charge in [-0.15, -0.1) is 0 Å². The summed E-state index contributed by atoms with van der Waals surface area (Å²) < 4.78 is 5.43. The minimum absolute atomic E-state index is 0.0551. The fraction of sp³-hybridized carbons (Fsp3) is 0.875. The first-order chi connectivity index (χ1) is 9.71. The van der Waals surface area contributed by atoms with E-state index in [1.54, 1.807) is 0 Å². The van der Waals surface area contributed by atoms with Crippen LogP contribution >= 0.6 is 0 Å². The smallest absolute Gasteiger partial charge is 0.410 e. The van der Waals surface area contributed by atoms with Crippen molar-refractivity contribution in [2.24, 2.45) is 17.1 Å². The maximum Gasteiger partial charge on any atom is 0.410 e. The zero-order valence-corrected chi connectivity index (χ0v) is 13.5. The van der Waals surface area contributed by atoms with E-state index in [2.05, 4.69) is 0 Å². The number of hydrogen-bond donors (Lipinski definition) is 1. The van der Waals surface area contributed by atoms with E-state index in [0.717, 1.165) is 51.6 Å². The summed E-state index contributed by atoms with van der Waals surface area (Å²) >= 11 is 0. The molecule has 2 aliphatic rings. The summed E-state index contributed by atoms with van der Waals surface area (Å²) in [4.78, 5) is 25.1. The van der Waals surface area contributed by atoms with E-state index in [0.29, 0.717) is 5.41 Å². The maximum atomic E-state index is 12.1. The van der Waals surface area contributed by atoms with Gasteiger partial charge in [-0.25, -0.2) is 4.79 Å². The van der Waals surface area contributed by atoms with Gasteiger partial charge in [0, 0.05) is 19.0 Å². The predicted octanol–water partition coefficient (Wildman–Crippen LogP) is 2.68. The number of nitrogens with two attached hydrogens (primary N) is 1. The van der Waals surface area contributed by atoms with Gasteiger partial charge in [-0.3, -0.25) is 4.79 Å². The van der Waals surface area contributed by atoms with Crippen LogP contribution in [0, 0.1) is 11.3 Å². The van der Waals surface area contributed by atoms with Crippen LogP contribution in [-0.4, -0.2) is 35.6 Å². The van der Waals surface area contributed by atoms with Crippen LogP contribution in [0.1, 0.15) is 59.3 Å². The molecule has 1 aliphatic heterocycles. The van der Waals surface area contributed by atoms with Crippen LogP contribution in [0.4, 0.5) is 4.79 Å². The highest BCUT2D eigenvalue weighted by Gasteiger charge is 2.40. The quantitative estimate of drug-likeness (QED) is 0.808. The summed E-state index contributed by atoms with van der Waals surface area (Å²) in [5, 5.41) is 0. The molecule has 0 bridgehead atoms. The van der Waals surface area contributed by atoms with Crippen LogP contribution in [0.25, 0.3) is 0 Å². The highest BCUT2D eigenvalue weighted by Crippen LogP contribution is 2.46. The fourth-order valence-electron chi connectivity index (χ4n) is 3.50. The summed E-state index contributed by atoms with van der Waals surface area (Å²) in [7, 11) is 0. The van der Waals surface area contributed by atoms with Crippen molar-refractivity contribution < 1.29 is 14.3 Å². The number of amides is 2.